The first-order valence-corrected chi connectivity index (χ1v) is 7.85. The van der Waals surface area contributed by atoms with E-state index in [0.717, 1.165) is 17.5 Å². The molecule has 0 saturated heterocycles. The quantitative estimate of drug-likeness (QED) is 0.775. The maximum atomic E-state index is 12.5. The lowest BCUT2D eigenvalue weighted by Gasteiger charge is -2.15. The Morgan fingerprint density at radius 1 is 1.25 bits per heavy atom. The number of amides is 1. The second-order valence-corrected chi connectivity index (χ2v) is 5.64. The van der Waals surface area contributed by atoms with E-state index in [-0.39, 0.29) is 17.2 Å². The van der Waals surface area contributed by atoms with Gasteiger partial charge in [0.05, 0.1) is 17.6 Å². The molecule has 0 spiro atoms. The highest BCUT2D eigenvalue weighted by molar-refractivity contribution is 5.91. The van der Waals surface area contributed by atoms with Gasteiger partial charge in [0.25, 0.3) is 11.5 Å². The lowest BCUT2D eigenvalue weighted by molar-refractivity contribution is 0.0773. The van der Waals surface area contributed by atoms with Crippen molar-refractivity contribution in [3.8, 4) is 0 Å². The van der Waals surface area contributed by atoms with Gasteiger partial charge in [0.1, 0.15) is 11.5 Å². The number of rotatable bonds is 5. The zero-order valence-electron chi connectivity index (χ0n) is 13.7. The first kappa shape index (κ1) is 15.9. The topological polar surface area (TPSA) is 83.9 Å². The van der Waals surface area contributed by atoms with Crippen molar-refractivity contribution in [3.05, 3.63) is 58.3 Å². The maximum absolute atomic E-state index is 12.5. The molecule has 0 aliphatic rings. The van der Waals surface area contributed by atoms with Gasteiger partial charge in [0.2, 0.25) is 0 Å². The van der Waals surface area contributed by atoms with Crippen molar-refractivity contribution in [2.45, 2.75) is 26.4 Å². The minimum Gasteiger partial charge on any atom is -0.340 e. The Morgan fingerprint density at radius 3 is 2.79 bits per heavy atom. The molecular formula is C17H19N5O2. The summed E-state index contributed by atoms with van der Waals surface area (Å²) < 4.78 is 1.32. The maximum Gasteiger partial charge on any atom is 0.274 e. The van der Waals surface area contributed by atoms with Crippen LogP contribution in [-0.2, 0) is 13.1 Å². The van der Waals surface area contributed by atoms with Crippen molar-refractivity contribution in [3.63, 3.8) is 0 Å². The molecule has 0 unspecified atom stereocenters. The van der Waals surface area contributed by atoms with Crippen molar-refractivity contribution in [1.29, 1.82) is 0 Å². The number of para-hydroxylation sites is 2. The van der Waals surface area contributed by atoms with Crippen LogP contribution < -0.4 is 5.56 Å². The van der Waals surface area contributed by atoms with Gasteiger partial charge in [-0.05, 0) is 24.6 Å². The van der Waals surface area contributed by atoms with Crippen molar-refractivity contribution >= 4 is 16.9 Å². The summed E-state index contributed by atoms with van der Waals surface area (Å²) in [5.41, 5.74) is 1.85. The van der Waals surface area contributed by atoms with Crippen LogP contribution >= 0.6 is 0 Å². The second kappa shape index (κ2) is 6.66. The molecule has 0 bridgehead atoms. The molecule has 0 aliphatic heterocycles. The molecule has 0 aliphatic carbocycles. The number of aromatic amines is 1. The molecule has 7 heteroatoms. The molecule has 1 aromatic carbocycles. The molecule has 3 rings (SSSR count). The van der Waals surface area contributed by atoms with E-state index >= 15 is 0 Å². The lowest BCUT2D eigenvalue weighted by Crippen LogP contribution is -2.31. The highest BCUT2D eigenvalue weighted by Gasteiger charge is 2.16. The fraction of sp³-hybridized carbons (Fsp3) is 0.294. The number of hydrogen-bond donors (Lipinski definition) is 1. The van der Waals surface area contributed by atoms with E-state index in [9.17, 15) is 9.59 Å². The molecule has 24 heavy (non-hydrogen) atoms. The molecule has 2 heterocycles. The fourth-order valence-corrected chi connectivity index (χ4v) is 2.51. The van der Waals surface area contributed by atoms with Crippen LogP contribution in [0.3, 0.4) is 0 Å². The van der Waals surface area contributed by atoms with Crippen molar-refractivity contribution in [2.24, 2.45) is 0 Å². The number of H-pyrrole nitrogens is 1. The van der Waals surface area contributed by atoms with Crippen LogP contribution in [0.1, 0.15) is 29.7 Å². The summed E-state index contributed by atoms with van der Waals surface area (Å²) in [5.74, 6) is 0.453. The normalized spacial score (nSPS) is 10.9. The van der Waals surface area contributed by atoms with E-state index in [4.69, 9.17) is 0 Å². The SMILES string of the molecule is CCCn1nc(C(=O)N(C)Cc2nc3ccccc3[nH]2)ccc1=O. The number of benzene rings is 1. The predicted molar refractivity (Wildman–Crippen MR) is 90.7 cm³/mol. The van der Waals surface area contributed by atoms with Crippen molar-refractivity contribution in [1.82, 2.24) is 24.6 Å². The molecule has 3 aromatic rings. The van der Waals surface area contributed by atoms with E-state index in [1.54, 1.807) is 7.05 Å². The second-order valence-electron chi connectivity index (χ2n) is 5.64. The van der Waals surface area contributed by atoms with Crippen molar-refractivity contribution in [2.75, 3.05) is 7.05 Å². The van der Waals surface area contributed by atoms with Gasteiger partial charge in [-0.3, -0.25) is 9.59 Å². The zero-order chi connectivity index (χ0) is 17.1. The van der Waals surface area contributed by atoms with E-state index in [1.807, 2.05) is 31.2 Å². The average molecular weight is 325 g/mol. The molecule has 0 radical (unpaired) electrons. The minimum absolute atomic E-state index is 0.201. The van der Waals surface area contributed by atoms with Gasteiger partial charge in [0.15, 0.2) is 0 Å². The third-order valence-electron chi connectivity index (χ3n) is 3.69. The van der Waals surface area contributed by atoms with Gasteiger partial charge < -0.3 is 9.88 Å². The molecule has 0 saturated carbocycles. The van der Waals surface area contributed by atoms with Crippen LogP contribution in [0.5, 0.6) is 0 Å². The van der Waals surface area contributed by atoms with E-state index in [0.29, 0.717) is 18.9 Å². The first-order chi connectivity index (χ1) is 11.6. The predicted octanol–water partition coefficient (Wildman–Crippen LogP) is 1.80. The summed E-state index contributed by atoms with van der Waals surface area (Å²) in [6.07, 6.45) is 0.777. The monoisotopic (exact) mass is 325 g/mol. The van der Waals surface area contributed by atoms with Gasteiger partial charge in [0, 0.05) is 19.7 Å². The molecule has 0 atom stereocenters. The third kappa shape index (κ3) is 3.19. The Balaban J connectivity index is 1.79. The number of nitrogens with zero attached hydrogens (tertiary/aromatic N) is 4. The zero-order valence-corrected chi connectivity index (χ0v) is 13.7. The fourth-order valence-electron chi connectivity index (χ4n) is 2.51. The van der Waals surface area contributed by atoms with E-state index < -0.39 is 0 Å². The van der Waals surface area contributed by atoms with Crippen LogP contribution in [0.25, 0.3) is 11.0 Å². The summed E-state index contributed by atoms with van der Waals surface area (Å²) in [6.45, 7) is 2.78. The smallest absolute Gasteiger partial charge is 0.274 e. The van der Waals surface area contributed by atoms with Crippen LogP contribution in [0.4, 0.5) is 0 Å². The Hall–Kier alpha value is -2.96. The molecule has 124 valence electrons. The Kier molecular flexibility index (Phi) is 4.41. The molecule has 1 N–H and O–H groups in total. The van der Waals surface area contributed by atoms with Crippen LogP contribution in [-0.4, -0.2) is 37.6 Å². The van der Waals surface area contributed by atoms with Crippen LogP contribution in [0.15, 0.2) is 41.2 Å². The van der Waals surface area contributed by atoms with Gasteiger partial charge >= 0.3 is 0 Å². The summed E-state index contributed by atoms with van der Waals surface area (Å²) in [4.78, 5) is 33.4. The number of aromatic nitrogens is 4. The molecular weight excluding hydrogens is 306 g/mol. The number of hydrogen-bond acceptors (Lipinski definition) is 4. The largest absolute Gasteiger partial charge is 0.340 e. The molecule has 0 fully saturated rings. The number of imidazole rings is 1. The van der Waals surface area contributed by atoms with Gasteiger partial charge in [-0.2, -0.15) is 5.10 Å². The van der Waals surface area contributed by atoms with Crippen molar-refractivity contribution < 1.29 is 4.79 Å². The van der Waals surface area contributed by atoms with Gasteiger partial charge in [-0.25, -0.2) is 9.67 Å². The lowest BCUT2D eigenvalue weighted by atomic mass is 10.3. The third-order valence-corrected chi connectivity index (χ3v) is 3.69. The minimum atomic E-state index is -0.250. The Morgan fingerprint density at radius 2 is 2.04 bits per heavy atom. The molecule has 7 nitrogen and oxygen atoms in total. The highest BCUT2D eigenvalue weighted by atomic mass is 16.2. The molecule has 2 aromatic heterocycles. The molecule has 1 amide bonds. The number of aryl methyl sites for hydroxylation is 1. The van der Waals surface area contributed by atoms with E-state index in [1.165, 1.54) is 21.7 Å². The summed E-state index contributed by atoms with van der Waals surface area (Å²) >= 11 is 0. The Bertz CT molecular complexity index is 895. The summed E-state index contributed by atoms with van der Waals surface area (Å²) in [6, 6.07) is 10.6. The van der Waals surface area contributed by atoms with Crippen LogP contribution in [0, 0.1) is 0 Å². The number of nitrogens with one attached hydrogen (secondary N) is 1. The van der Waals surface area contributed by atoms with E-state index in [2.05, 4.69) is 15.1 Å². The number of carbonyl (C=O) groups excluding carboxylic acids is 1. The standard InChI is InChI=1S/C17H19N5O2/c1-3-10-22-16(23)9-8-14(20-22)17(24)21(2)11-15-18-12-6-4-5-7-13(12)19-15/h4-9H,3,10-11H2,1-2H3,(H,18,19). The number of carbonyl (C=O) groups is 1. The summed E-state index contributed by atoms with van der Waals surface area (Å²) in [5, 5.41) is 4.15. The number of fused-ring (bicyclic) bond motifs is 1. The first-order valence-electron chi connectivity index (χ1n) is 7.85. The highest BCUT2D eigenvalue weighted by Crippen LogP contribution is 2.12. The summed E-state index contributed by atoms with van der Waals surface area (Å²) in [7, 11) is 1.69. The van der Waals surface area contributed by atoms with Gasteiger partial charge in [-0.1, -0.05) is 19.1 Å². The average Bonchev–Trinajstić information content (AvgIpc) is 2.98. The Labute approximate surface area is 138 Å². The van der Waals surface area contributed by atoms with Crippen LogP contribution in [0.2, 0.25) is 0 Å². The van der Waals surface area contributed by atoms with Gasteiger partial charge in [-0.15, -0.1) is 0 Å².